The molecule has 3 heteroatoms. The first-order valence-electron chi connectivity index (χ1n) is 4.45. The lowest BCUT2D eigenvalue weighted by Crippen LogP contribution is -2.28. The summed E-state index contributed by atoms with van der Waals surface area (Å²) in [4.78, 5) is 0. The molecule has 70 valence electrons. The monoisotopic (exact) mass is 241 g/mol. The van der Waals surface area contributed by atoms with Crippen LogP contribution in [0.1, 0.15) is 12.0 Å². The third kappa shape index (κ3) is 1.86. The van der Waals surface area contributed by atoms with Crippen molar-refractivity contribution in [3.05, 3.63) is 28.2 Å². The molecule has 1 aliphatic heterocycles. The van der Waals surface area contributed by atoms with Crippen LogP contribution in [0.3, 0.4) is 0 Å². The van der Waals surface area contributed by atoms with E-state index in [-0.39, 0.29) is 12.6 Å². The van der Waals surface area contributed by atoms with E-state index in [1.165, 1.54) is 5.56 Å². The van der Waals surface area contributed by atoms with Gasteiger partial charge in [0.2, 0.25) is 0 Å². The molecule has 1 aromatic carbocycles. The zero-order valence-corrected chi connectivity index (χ0v) is 8.84. The second kappa shape index (κ2) is 3.68. The summed E-state index contributed by atoms with van der Waals surface area (Å²) < 4.78 is 1.12. The van der Waals surface area contributed by atoms with Crippen LogP contribution in [0.25, 0.3) is 0 Å². The third-order valence-corrected chi connectivity index (χ3v) is 2.90. The first kappa shape index (κ1) is 9.03. The zero-order valence-electron chi connectivity index (χ0n) is 7.26. The second-order valence-corrected chi connectivity index (χ2v) is 4.28. The highest BCUT2D eigenvalue weighted by Crippen LogP contribution is 2.27. The van der Waals surface area contributed by atoms with Crippen molar-refractivity contribution in [2.75, 3.05) is 11.9 Å². The molecule has 0 spiro atoms. The fourth-order valence-electron chi connectivity index (χ4n) is 1.67. The Hall–Kier alpha value is -0.540. The number of nitrogens with one attached hydrogen (secondary N) is 1. The van der Waals surface area contributed by atoms with Crippen LogP contribution in [0.2, 0.25) is 0 Å². The van der Waals surface area contributed by atoms with Crippen LogP contribution < -0.4 is 5.32 Å². The highest BCUT2D eigenvalue weighted by Gasteiger charge is 2.16. The van der Waals surface area contributed by atoms with Gasteiger partial charge in [-0.3, -0.25) is 0 Å². The summed E-state index contributed by atoms with van der Waals surface area (Å²) in [6, 6.07) is 6.44. The number of aliphatic hydroxyl groups is 1. The number of fused-ring (bicyclic) bond motifs is 1. The molecule has 0 saturated carbocycles. The predicted molar refractivity (Wildman–Crippen MR) is 57.0 cm³/mol. The normalized spacial score (nSPS) is 20.6. The van der Waals surface area contributed by atoms with Gasteiger partial charge in [-0.05, 0) is 36.6 Å². The van der Waals surface area contributed by atoms with Gasteiger partial charge in [0.1, 0.15) is 0 Å². The molecule has 1 heterocycles. The van der Waals surface area contributed by atoms with Crippen LogP contribution in [0, 0.1) is 0 Å². The zero-order chi connectivity index (χ0) is 9.26. The number of rotatable bonds is 1. The highest BCUT2D eigenvalue weighted by molar-refractivity contribution is 9.10. The minimum Gasteiger partial charge on any atom is -0.394 e. The average Bonchev–Trinajstić information content (AvgIpc) is 2.17. The van der Waals surface area contributed by atoms with Gasteiger partial charge < -0.3 is 10.4 Å². The summed E-state index contributed by atoms with van der Waals surface area (Å²) in [5.41, 5.74) is 2.49. The molecular formula is C10H12BrNO. The van der Waals surface area contributed by atoms with Gasteiger partial charge in [-0.15, -0.1) is 0 Å². The van der Waals surface area contributed by atoms with E-state index >= 15 is 0 Å². The molecule has 0 bridgehead atoms. The Kier molecular flexibility index (Phi) is 2.56. The van der Waals surface area contributed by atoms with Crippen LogP contribution in [-0.4, -0.2) is 17.8 Å². The van der Waals surface area contributed by atoms with Crippen LogP contribution in [0.5, 0.6) is 0 Å². The Balaban J connectivity index is 2.26. The number of benzene rings is 1. The molecule has 1 unspecified atom stereocenters. The van der Waals surface area contributed by atoms with Crippen molar-refractivity contribution in [1.82, 2.24) is 0 Å². The smallest absolute Gasteiger partial charge is 0.0632 e. The van der Waals surface area contributed by atoms with Crippen molar-refractivity contribution in [2.24, 2.45) is 0 Å². The number of aryl methyl sites for hydroxylation is 1. The molecule has 1 aliphatic rings. The van der Waals surface area contributed by atoms with Crippen LogP contribution in [-0.2, 0) is 6.42 Å². The topological polar surface area (TPSA) is 32.3 Å². The Bertz CT molecular complexity index is 314. The summed E-state index contributed by atoms with van der Waals surface area (Å²) in [7, 11) is 0. The summed E-state index contributed by atoms with van der Waals surface area (Å²) in [6.07, 6.45) is 2.06. The standard InChI is InChI=1S/C10H12BrNO/c11-8-2-4-10-7(5-8)1-3-9(6-13)12-10/h2,4-5,9,12-13H,1,3,6H2. The summed E-state index contributed by atoms with van der Waals surface area (Å²) >= 11 is 3.45. The lowest BCUT2D eigenvalue weighted by Gasteiger charge is -2.25. The van der Waals surface area contributed by atoms with Crippen molar-refractivity contribution in [3.8, 4) is 0 Å². The van der Waals surface area contributed by atoms with Gasteiger partial charge in [-0.25, -0.2) is 0 Å². The maximum Gasteiger partial charge on any atom is 0.0632 e. The molecule has 0 radical (unpaired) electrons. The van der Waals surface area contributed by atoms with Crippen molar-refractivity contribution in [1.29, 1.82) is 0 Å². The molecular weight excluding hydrogens is 230 g/mol. The molecule has 2 N–H and O–H groups in total. The van der Waals surface area contributed by atoms with Gasteiger partial charge in [-0.1, -0.05) is 15.9 Å². The van der Waals surface area contributed by atoms with Crippen molar-refractivity contribution in [3.63, 3.8) is 0 Å². The molecule has 0 aromatic heterocycles. The Morgan fingerprint density at radius 1 is 1.54 bits per heavy atom. The minimum absolute atomic E-state index is 0.218. The average molecular weight is 242 g/mol. The van der Waals surface area contributed by atoms with E-state index in [1.807, 2.05) is 6.07 Å². The molecule has 0 fully saturated rings. The molecule has 0 aliphatic carbocycles. The van der Waals surface area contributed by atoms with Crippen molar-refractivity contribution >= 4 is 21.6 Å². The second-order valence-electron chi connectivity index (χ2n) is 3.36. The lowest BCUT2D eigenvalue weighted by atomic mass is 9.99. The third-order valence-electron chi connectivity index (χ3n) is 2.41. The van der Waals surface area contributed by atoms with E-state index in [9.17, 15) is 0 Å². The van der Waals surface area contributed by atoms with E-state index in [1.54, 1.807) is 0 Å². The summed E-state index contributed by atoms with van der Waals surface area (Å²) in [5.74, 6) is 0. The number of aliphatic hydroxyl groups excluding tert-OH is 1. The van der Waals surface area contributed by atoms with E-state index in [2.05, 4.69) is 33.4 Å². The van der Waals surface area contributed by atoms with Gasteiger partial charge in [0.05, 0.1) is 6.61 Å². The largest absolute Gasteiger partial charge is 0.394 e. The number of hydrogen-bond acceptors (Lipinski definition) is 2. The fourth-order valence-corrected chi connectivity index (χ4v) is 2.08. The van der Waals surface area contributed by atoms with E-state index in [4.69, 9.17) is 5.11 Å². The maximum absolute atomic E-state index is 9.00. The number of hydrogen-bond donors (Lipinski definition) is 2. The molecule has 13 heavy (non-hydrogen) atoms. The first-order chi connectivity index (χ1) is 6.29. The van der Waals surface area contributed by atoms with E-state index < -0.39 is 0 Å². The fraction of sp³-hybridized carbons (Fsp3) is 0.400. The van der Waals surface area contributed by atoms with Gasteiger partial charge in [0.25, 0.3) is 0 Å². The van der Waals surface area contributed by atoms with Crippen LogP contribution in [0.4, 0.5) is 5.69 Å². The summed E-state index contributed by atoms with van der Waals surface area (Å²) in [6.45, 7) is 0.218. The Morgan fingerprint density at radius 2 is 2.38 bits per heavy atom. The quantitative estimate of drug-likeness (QED) is 0.790. The molecule has 1 atom stereocenters. The van der Waals surface area contributed by atoms with Crippen molar-refractivity contribution in [2.45, 2.75) is 18.9 Å². The van der Waals surface area contributed by atoms with Gasteiger partial charge in [0.15, 0.2) is 0 Å². The molecule has 0 saturated heterocycles. The molecule has 0 amide bonds. The SMILES string of the molecule is OCC1CCc2cc(Br)ccc2N1. The highest BCUT2D eigenvalue weighted by atomic mass is 79.9. The minimum atomic E-state index is 0.218. The first-order valence-corrected chi connectivity index (χ1v) is 5.24. The van der Waals surface area contributed by atoms with E-state index in [0.29, 0.717) is 0 Å². The molecule has 2 rings (SSSR count). The van der Waals surface area contributed by atoms with Crippen LogP contribution >= 0.6 is 15.9 Å². The van der Waals surface area contributed by atoms with Gasteiger partial charge in [0, 0.05) is 16.2 Å². The number of anilines is 1. The lowest BCUT2D eigenvalue weighted by molar-refractivity contribution is 0.267. The van der Waals surface area contributed by atoms with E-state index in [0.717, 1.165) is 23.0 Å². The van der Waals surface area contributed by atoms with Gasteiger partial charge in [-0.2, -0.15) is 0 Å². The van der Waals surface area contributed by atoms with Gasteiger partial charge >= 0.3 is 0 Å². The Morgan fingerprint density at radius 3 is 3.15 bits per heavy atom. The summed E-state index contributed by atoms with van der Waals surface area (Å²) in [5, 5.41) is 12.3. The molecule has 2 nitrogen and oxygen atoms in total. The maximum atomic E-state index is 9.00. The van der Waals surface area contributed by atoms with Crippen molar-refractivity contribution < 1.29 is 5.11 Å². The Labute approximate surface area is 86.1 Å². The predicted octanol–water partition coefficient (Wildman–Crippen LogP) is 2.17. The number of halogens is 1. The van der Waals surface area contributed by atoms with Crippen LogP contribution in [0.15, 0.2) is 22.7 Å². The molecule has 1 aromatic rings.